The van der Waals surface area contributed by atoms with Crippen LogP contribution in [-0.2, 0) is 11.2 Å². The number of fused-ring (bicyclic) bond motifs is 1. The number of ether oxygens (including phenoxy) is 1. The molecule has 1 aliphatic heterocycles. The van der Waals surface area contributed by atoms with Crippen LogP contribution in [0.25, 0.3) is 5.65 Å². The second-order valence-electron chi connectivity index (χ2n) is 6.23. The van der Waals surface area contributed by atoms with Gasteiger partial charge in [0.15, 0.2) is 5.65 Å². The zero-order valence-electron chi connectivity index (χ0n) is 13.9. The average molecular weight is 302 g/mol. The van der Waals surface area contributed by atoms with E-state index in [-0.39, 0.29) is 0 Å². The van der Waals surface area contributed by atoms with Gasteiger partial charge in [0.1, 0.15) is 5.82 Å². The van der Waals surface area contributed by atoms with Crippen molar-refractivity contribution < 1.29 is 4.74 Å². The summed E-state index contributed by atoms with van der Waals surface area (Å²) < 4.78 is 7.50. The molecular formula is C17H26N4O. The van der Waals surface area contributed by atoms with E-state index in [0.29, 0.717) is 5.92 Å². The molecule has 0 amide bonds. The van der Waals surface area contributed by atoms with E-state index >= 15 is 0 Å². The van der Waals surface area contributed by atoms with Gasteiger partial charge in [-0.3, -0.25) is 0 Å². The first-order valence-corrected chi connectivity index (χ1v) is 8.36. The quantitative estimate of drug-likeness (QED) is 0.922. The van der Waals surface area contributed by atoms with E-state index in [0.717, 1.165) is 55.5 Å². The first-order valence-electron chi connectivity index (χ1n) is 8.36. The number of hydrogen-bond acceptors (Lipinski definition) is 4. The lowest BCUT2D eigenvalue weighted by Crippen LogP contribution is -2.20. The Morgan fingerprint density at radius 3 is 3.00 bits per heavy atom. The van der Waals surface area contributed by atoms with Gasteiger partial charge in [-0.25, -0.2) is 4.98 Å². The van der Waals surface area contributed by atoms with E-state index in [2.05, 4.69) is 30.3 Å². The zero-order chi connectivity index (χ0) is 15.5. The highest BCUT2D eigenvalue weighted by Crippen LogP contribution is 2.20. The van der Waals surface area contributed by atoms with Crippen LogP contribution in [0.3, 0.4) is 0 Å². The van der Waals surface area contributed by atoms with Crippen LogP contribution in [-0.4, -0.2) is 34.4 Å². The Hall–Kier alpha value is -1.62. The Kier molecular flexibility index (Phi) is 4.62. The molecule has 0 bridgehead atoms. The van der Waals surface area contributed by atoms with Crippen LogP contribution in [0.2, 0.25) is 0 Å². The van der Waals surface area contributed by atoms with Crippen LogP contribution in [0.15, 0.2) is 6.07 Å². The lowest BCUT2D eigenvalue weighted by atomic mass is 9.99. The van der Waals surface area contributed by atoms with Crippen molar-refractivity contribution in [3.05, 3.63) is 23.0 Å². The summed E-state index contributed by atoms with van der Waals surface area (Å²) in [7, 11) is 0. The van der Waals surface area contributed by atoms with E-state index in [1.165, 1.54) is 18.4 Å². The predicted octanol–water partition coefficient (Wildman–Crippen LogP) is 3.14. The summed E-state index contributed by atoms with van der Waals surface area (Å²) >= 11 is 0. The Morgan fingerprint density at radius 1 is 1.41 bits per heavy atom. The van der Waals surface area contributed by atoms with Crippen molar-refractivity contribution in [2.75, 3.05) is 25.1 Å². The monoisotopic (exact) mass is 302 g/mol. The molecule has 0 aliphatic carbocycles. The zero-order valence-corrected chi connectivity index (χ0v) is 13.9. The molecule has 1 N–H and O–H groups in total. The van der Waals surface area contributed by atoms with Crippen LogP contribution in [0.5, 0.6) is 0 Å². The summed E-state index contributed by atoms with van der Waals surface area (Å²) in [5.74, 6) is 1.74. The van der Waals surface area contributed by atoms with E-state index in [4.69, 9.17) is 9.72 Å². The van der Waals surface area contributed by atoms with Gasteiger partial charge in [0.25, 0.3) is 0 Å². The molecule has 3 heterocycles. The van der Waals surface area contributed by atoms with Gasteiger partial charge in [-0.1, -0.05) is 6.92 Å². The fourth-order valence-corrected chi connectivity index (χ4v) is 3.03. The second-order valence-corrected chi connectivity index (χ2v) is 6.23. The highest BCUT2D eigenvalue weighted by Gasteiger charge is 2.15. The first kappa shape index (κ1) is 15.3. The highest BCUT2D eigenvalue weighted by atomic mass is 16.5. The summed E-state index contributed by atoms with van der Waals surface area (Å²) in [6, 6.07) is 2.12. The van der Waals surface area contributed by atoms with Crippen LogP contribution in [0.4, 0.5) is 5.82 Å². The third-order valence-electron chi connectivity index (χ3n) is 4.59. The third-order valence-corrected chi connectivity index (χ3v) is 4.59. The Bertz CT molecular complexity index is 644. The number of aromatic nitrogens is 3. The summed E-state index contributed by atoms with van der Waals surface area (Å²) in [4.78, 5) is 4.71. The molecule has 1 fully saturated rings. The Labute approximate surface area is 132 Å². The number of nitrogens with one attached hydrogen (secondary N) is 1. The number of rotatable bonds is 5. The summed E-state index contributed by atoms with van der Waals surface area (Å²) in [5, 5.41) is 8.18. The van der Waals surface area contributed by atoms with E-state index in [1.54, 1.807) is 0 Å². The first-order chi connectivity index (χ1) is 10.7. The van der Waals surface area contributed by atoms with Crippen molar-refractivity contribution in [1.82, 2.24) is 14.6 Å². The number of aryl methyl sites for hydroxylation is 3. The lowest BCUT2D eigenvalue weighted by Gasteiger charge is -2.22. The molecule has 5 nitrogen and oxygen atoms in total. The van der Waals surface area contributed by atoms with E-state index < -0.39 is 0 Å². The highest BCUT2D eigenvalue weighted by molar-refractivity contribution is 5.56. The van der Waals surface area contributed by atoms with Crippen LogP contribution in [0, 0.1) is 19.8 Å². The normalized spacial score (nSPS) is 18.8. The molecule has 0 radical (unpaired) electrons. The number of anilines is 1. The van der Waals surface area contributed by atoms with Crippen molar-refractivity contribution in [1.29, 1.82) is 0 Å². The van der Waals surface area contributed by atoms with Crippen molar-refractivity contribution in [3.63, 3.8) is 0 Å². The molecule has 0 saturated carbocycles. The molecule has 1 atom stereocenters. The third kappa shape index (κ3) is 3.09. The average Bonchev–Trinajstić information content (AvgIpc) is 2.84. The van der Waals surface area contributed by atoms with Gasteiger partial charge >= 0.3 is 0 Å². The van der Waals surface area contributed by atoms with Gasteiger partial charge in [-0.2, -0.15) is 9.61 Å². The van der Waals surface area contributed by atoms with E-state index in [1.807, 2.05) is 11.4 Å². The number of hydrogen-bond donors (Lipinski definition) is 1. The molecule has 5 heteroatoms. The minimum Gasteiger partial charge on any atom is -0.381 e. The maximum atomic E-state index is 5.56. The summed E-state index contributed by atoms with van der Waals surface area (Å²) in [5.41, 5.74) is 4.29. The molecule has 2 aromatic rings. The van der Waals surface area contributed by atoms with Gasteiger partial charge in [-0.15, -0.1) is 0 Å². The molecule has 120 valence electrons. The standard InChI is InChI=1S/C17H26N4O/c1-4-15-10-16(18-8-7-14-6-5-9-22-11-14)21-17(19-15)12(2)13(3)20-21/h10,14,18H,4-9,11H2,1-3H3/t14-/m1/s1. The van der Waals surface area contributed by atoms with Crippen molar-refractivity contribution >= 4 is 11.5 Å². The summed E-state index contributed by atoms with van der Waals surface area (Å²) in [6.45, 7) is 9.06. The largest absolute Gasteiger partial charge is 0.381 e. The molecule has 0 spiro atoms. The molecule has 3 rings (SSSR count). The maximum absolute atomic E-state index is 5.56. The lowest BCUT2D eigenvalue weighted by molar-refractivity contribution is 0.0530. The van der Waals surface area contributed by atoms with Crippen molar-refractivity contribution in [2.45, 2.75) is 46.5 Å². The van der Waals surface area contributed by atoms with Crippen LogP contribution >= 0.6 is 0 Å². The molecular weight excluding hydrogens is 276 g/mol. The van der Waals surface area contributed by atoms with Crippen LogP contribution < -0.4 is 5.32 Å². The van der Waals surface area contributed by atoms with Gasteiger partial charge in [-0.05, 0) is 45.4 Å². The molecule has 22 heavy (non-hydrogen) atoms. The Balaban J connectivity index is 1.75. The maximum Gasteiger partial charge on any atom is 0.160 e. The topological polar surface area (TPSA) is 51.5 Å². The fraction of sp³-hybridized carbons (Fsp3) is 0.647. The van der Waals surface area contributed by atoms with Gasteiger partial charge < -0.3 is 10.1 Å². The molecule has 2 aromatic heterocycles. The molecule has 0 aromatic carbocycles. The summed E-state index contributed by atoms with van der Waals surface area (Å²) in [6.07, 6.45) is 4.56. The minimum absolute atomic E-state index is 0.685. The minimum atomic E-state index is 0.685. The smallest absolute Gasteiger partial charge is 0.160 e. The van der Waals surface area contributed by atoms with Crippen molar-refractivity contribution in [2.24, 2.45) is 5.92 Å². The van der Waals surface area contributed by atoms with Crippen LogP contribution in [0.1, 0.15) is 43.1 Å². The Morgan fingerprint density at radius 2 is 2.27 bits per heavy atom. The van der Waals surface area contributed by atoms with Gasteiger partial charge in [0.05, 0.1) is 5.69 Å². The SMILES string of the molecule is CCc1cc(NCC[C@H]2CCCOC2)n2nc(C)c(C)c2n1. The number of nitrogens with zero attached hydrogens (tertiary/aromatic N) is 3. The second kappa shape index (κ2) is 6.65. The molecule has 1 aliphatic rings. The van der Waals surface area contributed by atoms with Gasteiger partial charge in [0.2, 0.25) is 0 Å². The predicted molar refractivity (Wildman–Crippen MR) is 88.5 cm³/mol. The molecule has 0 unspecified atom stereocenters. The fourth-order valence-electron chi connectivity index (χ4n) is 3.03. The van der Waals surface area contributed by atoms with Crippen molar-refractivity contribution in [3.8, 4) is 0 Å². The van der Waals surface area contributed by atoms with E-state index in [9.17, 15) is 0 Å². The van der Waals surface area contributed by atoms with Gasteiger partial charge in [0, 0.05) is 37.1 Å². The molecule has 1 saturated heterocycles.